The molecule has 0 saturated carbocycles. The fourth-order valence-corrected chi connectivity index (χ4v) is 3.11. The normalized spacial score (nSPS) is 18.5. The van der Waals surface area contributed by atoms with Gasteiger partial charge in [0.15, 0.2) is 0 Å². The Hall–Kier alpha value is -3.55. The minimum absolute atomic E-state index is 0.0278. The Balaban J connectivity index is 2.07. The molecule has 1 aliphatic heterocycles. The van der Waals surface area contributed by atoms with Gasteiger partial charge in [-0.15, -0.1) is 0 Å². The van der Waals surface area contributed by atoms with Crippen LogP contribution < -0.4 is 5.11 Å². The SMILES string of the molecule is O=C([O-])CCCN1C(=O)C(=O)C(=C(O)c2ccc(F)cc2)[C@H]1c1ccccn1. The summed E-state index contributed by atoms with van der Waals surface area (Å²) in [5.41, 5.74) is 0.345. The highest BCUT2D eigenvalue weighted by Gasteiger charge is 2.46. The number of Topliss-reactive ketones (excluding diaryl/α,β-unsaturated/α-hetero) is 1. The molecule has 0 aliphatic carbocycles. The average Bonchev–Trinajstić information content (AvgIpc) is 2.93. The molecule has 0 bridgehead atoms. The summed E-state index contributed by atoms with van der Waals surface area (Å²) < 4.78 is 13.2. The number of carbonyl (C=O) groups is 3. The molecule has 0 unspecified atom stereocenters. The number of aliphatic hydroxyl groups is 1. The second kappa shape index (κ2) is 7.99. The summed E-state index contributed by atoms with van der Waals surface area (Å²) in [6.45, 7) is -0.0278. The molecule has 1 aromatic heterocycles. The van der Waals surface area contributed by atoms with Gasteiger partial charge in [0.05, 0.1) is 11.3 Å². The number of ketones is 1. The Labute approximate surface area is 159 Å². The van der Waals surface area contributed by atoms with Gasteiger partial charge in [0.1, 0.15) is 17.6 Å². The van der Waals surface area contributed by atoms with Gasteiger partial charge < -0.3 is 19.9 Å². The summed E-state index contributed by atoms with van der Waals surface area (Å²) in [5, 5.41) is 21.4. The van der Waals surface area contributed by atoms with Crippen molar-refractivity contribution in [1.29, 1.82) is 0 Å². The maximum Gasteiger partial charge on any atom is 0.295 e. The van der Waals surface area contributed by atoms with Gasteiger partial charge in [-0.3, -0.25) is 14.6 Å². The molecule has 0 spiro atoms. The molecule has 2 aromatic rings. The highest BCUT2D eigenvalue weighted by molar-refractivity contribution is 6.46. The zero-order valence-electron chi connectivity index (χ0n) is 14.7. The standard InChI is InChI=1S/C20H17FN2O5/c21-13-8-6-12(7-9-13)18(26)16-17(14-4-1-2-10-22-14)23(20(28)19(16)27)11-3-5-15(24)25/h1-2,4,6-10,17,26H,3,5,11H2,(H,24,25)/p-1/t17-/m1/s1. The van der Waals surface area contributed by atoms with Crippen LogP contribution in [0.1, 0.15) is 30.1 Å². The molecule has 0 radical (unpaired) electrons. The maximum absolute atomic E-state index is 13.2. The molecule has 28 heavy (non-hydrogen) atoms. The lowest BCUT2D eigenvalue weighted by molar-refractivity contribution is -0.305. The van der Waals surface area contributed by atoms with Gasteiger partial charge in [0.25, 0.3) is 11.7 Å². The van der Waals surface area contributed by atoms with Crippen LogP contribution in [0.25, 0.3) is 5.76 Å². The summed E-state index contributed by atoms with van der Waals surface area (Å²) in [6, 6.07) is 8.79. The highest BCUT2D eigenvalue weighted by Crippen LogP contribution is 2.38. The third kappa shape index (κ3) is 3.75. The fourth-order valence-electron chi connectivity index (χ4n) is 3.11. The number of nitrogens with zero attached hydrogens (tertiary/aromatic N) is 2. The Morgan fingerprint density at radius 1 is 1.18 bits per heavy atom. The van der Waals surface area contributed by atoms with Crippen LogP contribution >= 0.6 is 0 Å². The number of likely N-dealkylation sites (tertiary alicyclic amines) is 1. The van der Waals surface area contributed by atoms with E-state index in [0.29, 0.717) is 5.69 Å². The van der Waals surface area contributed by atoms with Crippen molar-refractivity contribution < 1.29 is 29.0 Å². The summed E-state index contributed by atoms with van der Waals surface area (Å²) in [4.78, 5) is 41.2. The number of aliphatic carboxylic acids is 1. The number of amides is 1. The lowest BCUT2D eigenvalue weighted by Gasteiger charge is -2.24. The van der Waals surface area contributed by atoms with Crippen molar-refractivity contribution in [3.05, 3.63) is 71.3 Å². The third-order valence-electron chi connectivity index (χ3n) is 4.41. The number of aromatic nitrogens is 1. The van der Waals surface area contributed by atoms with Crippen molar-refractivity contribution in [2.75, 3.05) is 6.54 Å². The van der Waals surface area contributed by atoms with Gasteiger partial charge in [0, 0.05) is 24.3 Å². The lowest BCUT2D eigenvalue weighted by Crippen LogP contribution is -2.32. The van der Waals surface area contributed by atoms with E-state index in [0.717, 1.165) is 12.1 Å². The van der Waals surface area contributed by atoms with E-state index in [-0.39, 0.29) is 30.5 Å². The smallest absolute Gasteiger partial charge is 0.295 e. The van der Waals surface area contributed by atoms with Crippen LogP contribution in [0.4, 0.5) is 4.39 Å². The van der Waals surface area contributed by atoms with E-state index >= 15 is 0 Å². The number of aliphatic hydroxyl groups excluding tert-OH is 1. The predicted octanol–water partition coefficient (Wildman–Crippen LogP) is 1.17. The van der Waals surface area contributed by atoms with Gasteiger partial charge in [-0.25, -0.2) is 4.39 Å². The van der Waals surface area contributed by atoms with Crippen LogP contribution in [0.5, 0.6) is 0 Å². The van der Waals surface area contributed by atoms with Gasteiger partial charge in [-0.05, 0) is 49.2 Å². The first-order valence-electron chi connectivity index (χ1n) is 8.55. The quantitative estimate of drug-likeness (QED) is 0.455. The first kappa shape index (κ1) is 19.2. The van der Waals surface area contributed by atoms with E-state index in [2.05, 4.69) is 4.98 Å². The van der Waals surface area contributed by atoms with Crippen LogP contribution in [-0.4, -0.2) is 39.2 Å². The molecule has 7 nitrogen and oxygen atoms in total. The van der Waals surface area contributed by atoms with Crippen molar-refractivity contribution in [1.82, 2.24) is 9.88 Å². The number of carbonyl (C=O) groups excluding carboxylic acids is 3. The molecule has 144 valence electrons. The zero-order chi connectivity index (χ0) is 20.3. The van der Waals surface area contributed by atoms with Crippen LogP contribution in [0, 0.1) is 5.82 Å². The van der Waals surface area contributed by atoms with E-state index < -0.39 is 35.3 Å². The van der Waals surface area contributed by atoms with Crippen LogP contribution in [0.3, 0.4) is 0 Å². The van der Waals surface area contributed by atoms with E-state index in [1.807, 2.05) is 0 Å². The summed E-state index contributed by atoms with van der Waals surface area (Å²) in [5.74, 6) is -4.00. The number of benzene rings is 1. The molecular weight excluding hydrogens is 367 g/mol. The Kier molecular flexibility index (Phi) is 5.49. The molecule has 3 rings (SSSR count). The molecule has 2 heterocycles. The van der Waals surface area contributed by atoms with Crippen LogP contribution in [0.15, 0.2) is 54.2 Å². The summed E-state index contributed by atoms with van der Waals surface area (Å²) in [7, 11) is 0. The maximum atomic E-state index is 13.2. The van der Waals surface area contributed by atoms with Crippen molar-refractivity contribution in [2.45, 2.75) is 18.9 Å². The molecule has 1 aromatic carbocycles. The Morgan fingerprint density at radius 3 is 2.50 bits per heavy atom. The second-order valence-corrected chi connectivity index (χ2v) is 6.23. The van der Waals surface area contributed by atoms with Crippen molar-refractivity contribution in [3.63, 3.8) is 0 Å². The van der Waals surface area contributed by atoms with Gasteiger partial charge >= 0.3 is 0 Å². The van der Waals surface area contributed by atoms with Gasteiger partial charge in [-0.2, -0.15) is 0 Å². The Morgan fingerprint density at radius 2 is 1.89 bits per heavy atom. The molecule has 1 fully saturated rings. The first-order valence-corrected chi connectivity index (χ1v) is 8.55. The monoisotopic (exact) mass is 383 g/mol. The van der Waals surface area contributed by atoms with Gasteiger partial charge in [0.2, 0.25) is 0 Å². The van der Waals surface area contributed by atoms with E-state index in [1.54, 1.807) is 18.2 Å². The third-order valence-corrected chi connectivity index (χ3v) is 4.41. The van der Waals surface area contributed by atoms with E-state index in [1.165, 1.54) is 23.2 Å². The number of pyridine rings is 1. The molecule has 1 aliphatic rings. The highest BCUT2D eigenvalue weighted by atomic mass is 19.1. The zero-order valence-corrected chi connectivity index (χ0v) is 14.7. The van der Waals surface area contributed by atoms with E-state index in [4.69, 9.17) is 0 Å². The number of halogens is 1. The fraction of sp³-hybridized carbons (Fsp3) is 0.200. The van der Waals surface area contributed by atoms with Crippen molar-refractivity contribution >= 4 is 23.4 Å². The molecule has 8 heteroatoms. The van der Waals surface area contributed by atoms with Crippen molar-refractivity contribution in [2.24, 2.45) is 0 Å². The largest absolute Gasteiger partial charge is 0.550 e. The van der Waals surface area contributed by atoms with E-state index in [9.17, 15) is 29.0 Å². The minimum Gasteiger partial charge on any atom is -0.550 e. The molecule has 1 N–H and O–H groups in total. The lowest BCUT2D eigenvalue weighted by atomic mass is 9.98. The number of carboxylic acids is 1. The molecule has 1 amide bonds. The molecular formula is C20H16FN2O5-. The number of rotatable bonds is 6. The minimum atomic E-state index is -1.27. The first-order chi connectivity index (χ1) is 13.4. The second-order valence-electron chi connectivity index (χ2n) is 6.23. The molecule has 1 saturated heterocycles. The van der Waals surface area contributed by atoms with Crippen LogP contribution in [-0.2, 0) is 14.4 Å². The number of carboxylic acid groups (broad SMARTS) is 1. The number of hydrogen-bond donors (Lipinski definition) is 1. The van der Waals surface area contributed by atoms with Crippen LogP contribution in [0.2, 0.25) is 0 Å². The summed E-state index contributed by atoms with van der Waals surface area (Å²) in [6.07, 6.45) is 1.28. The van der Waals surface area contributed by atoms with Gasteiger partial charge in [-0.1, -0.05) is 6.07 Å². The topological polar surface area (TPSA) is 111 Å². The summed E-state index contributed by atoms with van der Waals surface area (Å²) >= 11 is 0. The average molecular weight is 383 g/mol. The predicted molar refractivity (Wildman–Crippen MR) is 93.9 cm³/mol. The Bertz CT molecular complexity index is 941. The number of hydrogen-bond acceptors (Lipinski definition) is 6. The molecule has 1 atom stereocenters. The van der Waals surface area contributed by atoms with Crippen molar-refractivity contribution in [3.8, 4) is 0 Å².